The van der Waals surface area contributed by atoms with Gasteiger partial charge in [0, 0.05) is 11.6 Å². The minimum atomic E-state index is -1.18. The number of carbonyl (C=O) groups is 2. The van der Waals surface area contributed by atoms with E-state index in [1.54, 1.807) is 0 Å². The topological polar surface area (TPSA) is 83.8 Å². The molecule has 0 spiro atoms. The largest absolute Gasteiger partial charge is 0.489 e. The summed E-state index contributed by atoms with van der Waals surface area (Å²) >= 11 is 0. The average molecular weight is 282 g/mol. The zero-order valence-corrected chi connectivity index (χ0v) is 11.1. The smallest absolute Gasteiger partial charge is 0.328 e. The van der Waals surface area contributed by atoms with E-state index in [2.05, 4.69) is 0 Å². The molecule has 0 fully saturated rings. The highest BCUT2D eigenvalue weighted by Gasteiger charge is 2.28. The number of hydrogen-bond acceptors (Lipinski definition) is 3. The third-order valence-corrected chi connectivity index (χ3v) is 2.56. The Morgan fingerprint density at radius 3 is 2.55 bits per heavy atom. The van der Waals surface area contributed by atoms with Gasteiger partial charge < -0.3 is 14.9 Å². The molecule has 108 valence electrons. The van der Waals surface area contributed by atoms with E-state index in [0.29, 0.717) is 0 Å². The van der Waals surface area contributed by atoms with Crippen LogP contribution in [0.3, 0.4) is 0 Å². The Kier molecular flexibility index (Phi) is 4.85. The molecule has 0 amide bonds. The number of para-hydroxylation sites is 1. The SMILES string of the molecule is CC(C)(COc1c(F)cccc1/C=C/C(=O)O)C(=O)O. The number of carboxylic acid groups (broad SMARTS) is 2. The van der Waals surface area contributed by atoms with Crippen LogP contribution < -0.4 is 4.74 Å². The third kappa shape index (κ3) is 4.08. The number of halogens is 1. The van der Waals surface area contributed by atoms with Crippen molar-refractivity contribution in [2.45, 2.75) is 13.8 Å². The number of aliphatic carboxylic acids is 2. The van der Waals surface area contributed by atoms with Crippen molar-refractivity contribution in [2.75, 3.05) is 6.61 Å². The Balaban J connectivity index is 2.99. The van der Waals surface area contributed by atoms with Crippen molar-refractivity contribution in [3.05, 3.63) is 35.7 Å². The molecule has 0 bridgehead atoms. The van der Waals surface area contributed by atoms with Crippen LogP contribution >= 0.6 is 0 Å². The molecule has 1 rings (SSSR count). The van der Waals surface area contributed by atoms with Crippen LogP contribution in [0.1, 0.15) is 19.4 Å². The first kappa shape index (κ1) is 15.7. The van der Waals surface area contributed by atoms with E-state index in [0.717, 1.165) is 12.1 Å². The van der Waals surface area contributed by atoms with Gasteiger partial charge in [0.05, 0.1) is 5.41 Å². The van der Waals surface area contributed by atoms with E-state index in [-0.39, 0.29) is 17.9 Å². The molecule has 0 aromatic heterocycles. The summed E-state index contributed by atoms with van der Waals surface area (Å²) in [5.41, 5.74) is -0.954. The molecule has 0 aliphatic carbocycles. The maximum atomic E-state index is 13.7. The number of hydrogen-bond donors (Lipinski definition) is 2. The highest BCUT2D eigenvalue weighted by Crippen LogP contribution is 2.26. The predicted molar refractivity (Wildman–Crippen MR) is 70.0 cm³/mol. The van der Waals surface area contributed by atoms with Crippen molar-refractivity contribution >= 4 is 18.0 Å². The molecule has 6 heteroatoms. The molecule has 0 saturated carbocycles. The molecule has 0 aliphatic rings. The summed E-state index contributed by atoms with van der Waals surface area (Å²) in [6.45, 7) is 2.66. The quantitative estimate of drug-likeness (QED) is 0.783. The molecule has 0 saturated heterocycles. The van der Waals surface area contributed by atoms with Crippen LogP contribution in [0.5, 0.6) is 5.75 Å². The molecular weight excluding hydrogens is 267 g/mol. The zero-order chi connectivity index (χ0) is 15.3. The first-order chi connectivity index (χ1) is 9.24. The van der Waals surface area contributed by atoms with Crippen molar-refractivity contribution in [3.63, 3.8) is 0 Å². The van der Waals surface area contributed by atoms with Gasteiger partial charge in [-0.2, -0.15) is 0 Å². The monoisotopic (exact) mass is 282 g/mol. The van der Waals surface area contributed by atoms with E-state index in [1.165, 1.54) is 32.1 Å². The van der Waals surface area contributed by atoms with E-state index in [4.69, 9.17) is 14.9 Å². The van der Waals surface area contributed by atoms with Crippen LogP contribution in [-0.4, -0.2) is 28.8 Å². The molecule has 0 unspecified atom stereocenters. The highest BCUT2D eigenvalue weighted by molar-refractivity contribution is 5.85. The van der Waals surface area contributed by atoms with E-state index >= 15 is 0 Å². The molecule has 0 atom stereocenters. The van der Waals surface area contributed by atoms with E-state index < -0.39 is 23.2 Å². The van der Waals surface area contributed by atoms with Gasteiger partial charge >= 0.3 is 11.9 Å². The fourth-order valence-electron chi connectivity index (χ4n) is 1.28. The lowest BCUT2D eigenvalue weighted by Crippen LogP contribution is -2.31. The summed E-state index contributed by atoms with van der Waals surface area (Å²) < 4.78 is 18.9. The van der Waals surface area contributed by atoms with Crippen molar-refractivity contribution < 1.29 is 28.9 Å². The number of ether oxygens (including phenoxy) is 1. The highest BCUT2D eigenvalue weighted by atomic mass is 19.1. The normalized spacial score (nSPS) is 11.6. The van der Waals surface area contributed by atoms with Crippen molar-refractivity contribution in [1.82, 2.24) is 0 Å². The fourth-order valence-corrected chi connectivity index (χ4v) is 1.28. The molecule has 0 radical (unpaired) electrons. The summed E-state index contributed by atoms with van der Waals surface area (Å²) in [4.78, 5) is 21.4. The fraction of sp³-hybridized carbons (Fsp3) is 0.286. The van der Waals surface area contributed by atoms with Crippen LogP contribution in [0.25, 0.3) is 6.08 Å². The maximum Gasteiger partial charge on any atom is 0.328 e. The molecule has 20 heavy (non-hydrogen) atoms. The molecule has 0 heterocycles. The van der Waals surface area contributed by atoms with Crippen molar-refractivity contribution in [2.24, 2.45) is 5.41 Å². The summed E-state index contributed by atoms with van der Waals surface area (Å²) in [5, 5.41) is 17.5. The molecular formula is C14H15FO5. The summed E-state index contributed by atoms with van der Waals surface area (Å²) in [6, 6.07) is 4.04. The Morgan fingerprint density at radius 1 is 1.35 bits per heavy atom. The molecule has 5 nitrogen and oxygen atoms in total. The van der Waals surface area contributed by atoms with Gasteiger partial charge in [-0.1, -0.05) is 12.1 Å². The third-order valence-electron chi connectivity index (χ3n) is 2.56. The van der Waals surface area contributed by atoms with Gasteiger partial charge in [0.2, 0.25) is 0 Å². The minimum absolute atomic E-state index is 0.167. The van der Waals surface area contributed by atoms with Crippen LogP contribution in [-0.2, 0) is 9.59 Å². The van der Waals surface area contributed by atoms with Crippen LogP contribution in [0.4, 0.5) is 4.39 Å². The molecule has 1 aromatic carbocycles. The van der Waals surface area contributed by atoms with Crippen LogP contribution in [0, 0.1) is 11.2 Å². The van der Waals surface area contributed by atoms with Crippen molar-refractivity contribution in [3.8, 4) is 5.75 Å². The Labute approximate surface area is 115 Å². The van der Waals surface area contributed by atoms with E-state index in [9.17, 15) is 14.0 Å². The Bertz CT molecular complexity index is 548. The summed E-state index contributed by atoms with van der Waals surface area (Å²) in [5.74, 6) is -3.10. The van der Waals surface area contributed by atoms with Crippen molar-refractivity contribution in [1.29, 1.82) is 0 Å². The zero-order valence-electron chi connectivity index (χ0n) is 11.1. The molecule has 2 N–H and O–H groups in total. The van der Waals surface area contributed by atoms with Crippen LogP contribution in [0.2, 0.25) is 0 Å². The maximum absolute atomic E-state index is 13.7. The number of rotatable bonds is 6. The van der Waals surface area contributed by atoms with Gasteiger partial charge in [-0.05, 0) is 26.0 Å². The predicted octanol–water partition coefficient (Wildman–Crippen LogP) is 2.41. The first-order valence-corrected chi connectivity index (χ1v) is 5.80. The van der Waals surface area contributed by atoms with Gasteiger partial charge in [0.15, 0.2) is 11.6 Å². The number of carboxylic acids is 2. The van der Waals surface area contributed by atoms with Gasteiger partial charge in [-0.25, -0.2) is 9.18 Å². The second-order valence-corrected chi connectivity index (χ2v) is 4.81. The second kappa shape index (κ2) is 6.18. The lowest BCUT2D eigenvalue weighted by Gasteiger charge is -2.20. The molecule has 1 aromatic rings. The number of benzene rings is 1. The lowest BCUT2D eigenvalue weighted by molar-refractivity contribution is -0.148. The first-order valence-electron chi connectivity index (χ1n) is 5.80. The standard InChI is InChI=1S/C14H15FO5/c1-14(2,13(18)19)8-20-12-9(6-7-11(16)17)4-3-5-10(12)15/h3-7H,8H2,1-2H3,(H,16,17)(H,18,19)/b7-6+. The summed E-state index contributed by atoms with van der Waals surface area (Å²) in [7, 11) is 0. The lowest BCUT2D eigenvalue weighted by atomic mass is 9.95. The average Bonchev–Trinajstić information content (AvgIpc) is 2.34. The molecule has 0 aliphatic heterocycles. The van der Waals surface area contributed by atoms with Gasteiger partial charge in [-0.15, -0.1) is 0 Å². The van der Waals surface area contributed by atoms with Gasteiger partial charge in [-0.3, -0.25) is 4.79 Å². The second-order valence-electron chi connectivity index (χ2n) is 4.81. The van der Waals surface area contributed by atoms with Gasteiger partial charge in [0.25, 0.3) is 0 Å². The van der Waals surface area contributed by atoms with Gasteiger partial charge in [0.1, 0.15) is 6.61 Å². The minimum Gasteiger partial charge on any atom is -0.489 e. The summed E-state index contributed by atoms with van der Waals surface area (Å²) in [6.07, 6.45) is 2.04. The van der Waals surface area contributed by atoms with Crippen LogP contribution in [0.15, 0.2) is 24.3 Å². The van der Waals surface area contributed by atoms with E-state index in [1.807, 2.05) is 0 Å². The Morgan fingerprint density at radius 2 is 2.00 bits per heavy atom. The Hall–Kier alpha value is -2.37.